The number of hydrogen-bond acceptors (Lipinski definition) is 2. The molecular weight excluding hydrogens is 128 g/mol. The molecule has 0 radical (unpaired) electrons. The molecule has 0 spiro atoms. The topological polar surface area (TPSA) is 26.3 Å². The summed E-state index contributed by atoms with van der Waals surface area (Å²) in [5.41, 5.74) is 0.173. The number of allylic oxidation sites excluding steroid dienone is 1. The van der Waals surface area contributed by atoms with E-state index in [1.165, 1.54) is 0 Å². The lowest BCUT2D eigenvalue weighted by atomic mass is 9.96. The first-order valence-corrected chi connectivity index (χ1v) is 3.29. The van der Waals surface area contributed by atoms with Gasteiger partial charge in [0.25, 0.3) is 6.47 Å². The molecule has 0 atom stereocenters. The Morgan fingerprint density at radius 3 is 2.40 bits per heavy atom. The van der Waals surface area contributed by atoms with Crippen molar-refractivity contribution in [2.45, 2.75) is 20.8 Å². The van der Waals surface area contributed by atoms with Crippen molar-refractivity contribution in [2.24, 2.45) is 5.41 Å². The molecule has 0 bridgehead atoms. The molecule has 0 aromatic heterocycles. The van der Waals surface area contributed by atoms with E-state index in [0.717, 1.165) is 0 Å². The fraction of sp³-hybridized carbons (Fsp3) is 0.625. The van der Waals surface area contributed by atoms with Gasteiger partial charge in [-0.25, -0.2) is 0 Å². The maximum Gasteiger partial charge on any atom is 0.293 e. The first-order chi connectivity index (χ1) is 4.56. The van der Waals surface area contributed by atoms with Gasteiger partial charge in [-0.1, -0.05) is 32.9 Å². The predicted molar refractivity (Wildman–Crippen MR) is 40.6 cm³/mol. The van der Waals surface area contributed by atoms with Gasteiger partial charge in [-0.05, 0) is 5.41 Å². The van der Waals surface area contributed by atoms with Gasteiger partial charge in [0.1, 0.15) is 6.61 Å². The van der Waals surface area contributed by atoms with E-state index in [0.29, 0.717) is 13.1 Å². The average molecular weight is 142 g/mol. The van der Waals surface area contributed by atoms with Crippen molar-refractivity contribution in [1.29, 1.82) is 0 Å². The van der Waals surface area contributed by atoms with Crippen molar-refractivity contribution >= 4 is 6.47 Å². The van der Waals surface area contributed by atoms with Gasteiger partial charge in [0, 0.05) is 0 Å². The first kappa shape index (κ1) is 9.21. The highest BCUT2D eigenvalue weighted by molar-refractivity contribution is 5.37. The summed E-state index contributed by atoms with van der Waals surface area (Å²) in [6.07, 6.45) is 3.85. The largest absolute Gasteiger partial charge is 0.464 e. The van der Waals surface area contributed by atoms with E-state index < -0.39 is 0 Å². The Kier molecular flexibility index (Phi) is 3.77. The van der Waals surface area contributed by atoms with E-state index >= 15 is 0 Å². The van der Waals surface area contributed by atoms with Gasteiger partial charge < -0.3 is 4.74 Å². The van der Waals surface area contributed by atoms with Crippen LogP contribution in [0, 0.1) is 5.41 Å². The number of carbonyl (C=O) groups excluding carboxylic acids is 1. The van der Waals surface area contributed by atoms with Crippen molar-refractivity contribution in [1.82, 2.24) is 0 Å². The van der Waals surface area contributed by atoms with Crippen LogP contribution in [-0.2, 0) is 9.53 Å². The van der Waals surface area contributed by atoms with E-state index in [1.54, 1.807) is 0 Å². The second-order valence-corrected chi connectivity index (χ2v) is 3.20. The standard InChI is InChI=1S/C8H14O2/c1-8(2,3)5-4-6-10-7-9/h4-5,7H,6H2,1-3H3. The van der Waals surface area contributed by atoms with Crippen LogP contribution >= 0.6 is 0 Å². The number of hydrogen-bond donors (Lipinski definition) is 0. The lowest BCUT2D eigenvalue weighted by Gasteiger charge is -2.10. The summed E-state index contributed by atoms with van der Waals surface area (Å²) in [5, 5.41) is 0. The van der Waals surface area contributed by atoms with Gasteiger partial charge in [0.2, 0.25) is 0 Å². The molecule has 58 valence electrons. The molecule has 0 unspecified atom stereocenters. The molecule has 0 aliphatic rings. The van der Waals surface area contributed by atoms with E-state index in [9.17, 15) is 4.79 Å². The molecule has 0 aliphatic heterocycles. The van der Waals surface area contributed by atoms with Crippen LogP contribution < -0.4 is 0 Å². The summed E-state index contributed by atoms with van der Waals surface area (Å²) in [5.74, 6) is 0. The summed E-state index contributed by atoms with van der Waals surface area (Å²) in [6.45, 7) is 7.09. The molecule has 2 heteroatoms. The van der Waals surface area contributed by atoms with Gasteiger partial charge in [-0.2, -0.15) is 0 Å². The van der Waals surface area contributed by atoms with Crippen molar-refractivity contribution in [3.05, 3.63) is 12.2 Å². The number of rotatable bonds is 3. The summed E-state index contributed by atoms with van der Waals surface area (Å²) >= 11 is 0. The third-order valence-corrected chi connectivity index (χ3v) is 0.878. The summed E-state index contributed by atoms with van der Waals surface area (Å²) < 4.78 is 4.46. The van der Waals surface area contributed by atoms with Crippen LogP contribution in [0.5, 0.6) is 0 Å². The number of ether oxygens (including phenoxy) is 1. The van der Waals surface area contributed by atoms with Gasteiger partial charge in [0.15, 0.2) is 0 Å². The molecule has 0 N–H and O–H groups in total. The van der Waals surface area contributed by atoms with E-state index in [2.05, 4.69) is 25.5 Å². The first-order valence-electron chi connectivity index (χ1n) is 3.29. The highest BCUT2D eigenvalue weighted by Gasteiger charge is 2.02. The van der Waals surface area contributed by atoms with Crippen molar-refractivity contribution < 1.29 is 9.53 Å². The molecule has 0 amide bonds. The maximum absolute atomic E-state index is 9.67. The van der Waals surface area contributed by atoms with Crippen LogP contribution in [0.3, 0.4) is 0 Å². The van der Waals surface area contributed by atoms with Gasteiger partial charge in [-0.3, -0.25) is 4.79 Å². The molecule has 0 fully saturated rings. The van der Waals surface area contributed by atoms with E-state index in [4.69, 9.17) is 0 Å². The Balaban J connectivity index is 3.46. The Morgan fingerprint density at radius 1 is 1.40 bits per heavy atom. The maximum atomic E-state index is 9.67. The minimum atomic E-state index is 0.173. The highest BCUT2D eigenvalue weighted by Crippen LogP contribution is 2.13. The van der Waals surface area contributed by atoms with E-state index in [1.807, 2.05) is 12.2 Å². The predicted octanol–water partition coefficient (Wildman–Crippen LogP) is 1.76. The second-order valence-electron chi connectivity index (χ2n) is 3.20. The molecular formula is C8H14O2. The normalized spacial score (nSPS) is 11.9. The van der Waals surface area contributed by atoms with Crippen LogP contribution in [0.25, 0.3) is 0 Å². The highest BCUT2D eigenvalue weighted by atomic mass is 16.5. The molecule has 0 aromatic carbocycles. The zero-order chi connectivity index (χ0) is 8.04. The fourth-order valence-electron chi connectivity index (χ4n) is 0.497. The molecule has 0 aromatic rings. The average Bonchev–Trinajstić information content (AvgIpc) is 1.78. The number of carbonyl (C=O) groups is 1. The minimum Gasteiger partial charge on any atom is -0.464 e. The quantitative estimate of drug-likeness (QED) is 0.341. The Hall–Kier alpha value is -0.790. The SMILES string of the molecule is CC(C)(C)C=CCOC=O. The zero-order valence-corrected chi connectivity index (χ0v) is 6.76. The molecule has 0 rings (SSSR count). The monoisotopic (exact) mass is 142 g/mol. The third kappa shape index (κ3) is 7.21. The Morgan fingerprint density at radius 2 is 2.00 bits per heavy atom. The van der Waals surface area contributed by atoms with E-state index in [-0.39, 0.29) is 5.41 Å². The van der Waals surface area contributed by atoms with Crippen molar-refractivity contribution in [3.8, 4) is 0 Å². The third-order valence-electron chi connectivity index (χ3n) is 0.878. The second kappa shape index (κ2) is 4.09. The van der Waals surface area contributed by atoms with Crippen LogP contribution in [0.1, 0.15) is 20.8 Å². The molecule has 0 aliphatic carbocycles. The molecule has 10 heavy (non-hydrogen) atoms. The summed E-state index contributed by atoms with van der Waals surface area (Å²) in [4.78, 5) is 9.67. The lowest BCUT2D eigenvalue weighted by Crippen LogP contribution is -1.99. The van der Waals surface area contributed by atoms with Gasteiger partial charge in [-0.15, -0.1) is 0 Å². The van der Waals surface area contributed by atoms with Crippen molar-refractivity contribution in [2.75, 3.05) is 6.61 Å². The van der Waals surface area contributed by atoms with Crippen LogP contribution in [0.4, 0.5) is 0 Å². The van der Waals surface area contributed by atoms with Gasteiger partial charge >= 0.3 is 0 Å². The fourth-order valence-corrected chi connectivity index (χ4v) is 0.497. The van der Waals surface area contributed by atoms with Crippen LogP contribution in [0.15, 0.2) is 12.2 Å². The Bertz CT molecular complexity index is 120. The summed E-state index contributed by atoms with van der Waals surface area (Å²) in [6, 6.07) is 0. The molecule has 0 heterocycles. The zero-order valence-electron chi connectivity index (χ0n) is 6.76. The molecule has 0 saturated carbocycles. The molecule has 2 nitrogen and oxygen atoms in total. The van der Waals surface area contributed by atoms with Crippen molar-refractivity contribution in [3.63, 3.8) is 0 Å². The summed E-state index contributed by atoms with van der Waals surface area (Å²) in [7, 11) is 0. The minimum absolute atomic E-state index is 0.173. The smallest absolute Gasteiger partial charge is 0.293 e. The van der Waals surface area contributed by atoms with Gasteiger partial charge in [0.05, 0.1) is 0 Å². The molecule has 0 saturated heterocycles. The van der Waals surface area contributed by atoms with Crippen LogP contribution in [0.2, 0.25) is 0 Å². The lowest BCUT2D eigenvalue weighted by molar-refractivity contribution is -0.127. The Labute approximate surface area is 61.9 Å². The van der Waals surface area contributed by atoms with Crippen LogP contribution in [-0.4, -0.2) is 13.1 Å².